The number of rotatable bonds is 4. The number of carbonyl (C=O) groups is 1. The van der Waals surface area contributed by atoms with Gasteiger partial charge in [-0.15, -0.1) is 0 Å². The third-order valence-corrected chi connectivity index (χ3v) is 5.10. The van der Waals surface area contributed by atoms with Gasteiger partial charge >= 0.3 is 0 Å². The van der Waals surface area contributed by atoms with Gasteiger partial charge in [-0.05, 0) is 31.0 Å². The lowest BCUT2D eigenvalue weighted by atomic mass is 10.1. The Balaban J connectivity index is 2.14. The number of hydrogen-bond donors (Lipinski definition) is 2. The van der Waals surface area contributed by atoms with Crippen LogP contribution in [0.25, 0.3) is 0 Å². The maximum atomic E-state index is 12.3. The standard InChI is InChI=1S/C13H17ClN2O4S/c1-20-12-4-3-10(8-11(12)14)21(18,19)16-9-2-5-13(17)15-7-6-9/h3-4,8-9,16H,2,5-7H2,1H3,(H,15,17). The Morgan fingerprint density at radius 2 is 2.14 bits per heavy atom. The Bertz CT molecular complexity index is 633. The third kappa shape index (κ3) is 4.09. The van der Waals surface area contributed by atoms with Crippen molar-refractivity contribution in [2.24, 2.45) is 0 Å². The molecule has 1 saturated heterocycles. The van der Waals surface area contributed by atoms with E-state index in [-0.39, 0.29) is 21.9 Å². The molecule has 6 nitrogen and oxygen atoms in total. The number of nitrogens with one attached hydrogen (secondary N) is 2. The first-order valence-corrected chi connectivity index (χ1v) is 8.41. The Morgan fingerprint density at radius 1 is 1.38 bits per heavy atom. The van der Waals surface area contributed by atoms with Crippen LogP contribution in [0.15, 0.2) is 23.1 Å². The van der Waals surface area contributed by atoms with Crippen LogP contribution in [0, 0.1) is 0 Å². The molecule has 1 amide bonds. The minimum atomic E-state index is -3.67. The Kier molecular flexibility index (Phi) is 5.08. The van der Waals surface area contributed by atoms with Gasteiger partial charge in [0.1, 0.15) is 5.75 Å². The largest absolute Gasteiger partial charge is 0.495 e. The number of halogens is 1. The fourth-order valence-electron chi connectivity index (χ4n) is 2.14. The van der Waals surface area contributed by atoms with Crippen LogP contribution in [0.4, 0.5) is 0 Å². The molecule has 1 atom stereocenters. The smallest absolute Gasteiger partial charge is 0.240 e. The molecule has 0 bridgehead atoms. The summed E-state index contributed by atoms with van der Waals surface area (Å²) in [5.41, 5.74) is 0. The van der Waals surface area contributed by atoms with Gasteiger partial charge in [-0.25, -0.2) is 13.1 Å². The van der Waals surface area contributed by atoms with E-state index in [0.717, 1.165) is 0 Å². The van der Waals surface area contributed by atoms with E-state index in [2.05, 4.69) is 10.0 Å². The fourth-order valence-corrected chi connectivity index (χ4v) is 3.80. The highest BCUT2D eigenvalue weighted by Gasteiger charge is 2.23. The van der Waals surface area contributed by atoms with Crippen LogP contribution in [0.5, 0.6) is 5.75 Å². The van der Waals surface area contributed by atoms with Gasteiger partial charge in [-0.3, -0.25) is 4.79 Å². The highest BCUT2D eigenvalue weighted by molar-refractivity contribution is 7.89. The zero-order valence-electron chi connectivity index (χ0n) is 11.6. The number of sulfonamides is 1. The summed E-state index contributed by atoms with van der Waals surface area (Å²) in [6.45, 7) is 0.468. The van der Waals surface area contributed by atoms with Crippen molar-refractivity contribution in [2.75, 3.05) is 13.7 Å². The van der Waals surface area contributed by atoms with Gasteiger partial charge in [-0.1, -0.05) is 11.6 Å². The highest BCUT2D eigenvalue weighted by Crippen LogP contribution is 2.27. The van der Waals surface area contributed by atoms with E-state index in [1.165, 1.54) is 25.3 Å². The summed E-state index contributed by atoms with van der Waals surface area (Å²) in [6.07, 6.45) is 1.36. The maximum Gasteiger partial charge on any atom is 0.240 e. The van der Waals surface area contributed by atoms with E-state index >= 15 is 0 Å². The van der Waals surface area contributed by atoms with Crippen molar-refractivity contribution in [3.8, 4) is 5.75 Å². The molecule has 21 heavy (non-hydrogen) atoms. The first-order chi connectivity index (χ1) is 9.92. The van der Waals surface area contributed by atoms with Gasteiger partial charge in [0.15, 0.2) is 0 Å². The zero-order valence-corrected chi connectivity index (χ0v) is 13.1. The van der Waals surface area contributed by atoms with Crippen LogP contribution in [0.3, 0.4) is 0 Å². The number of benzene rings is 1. The Morgan fingerprint density at radius 3 is 2.81 bits per heavy atom. The van der Waals surface area contributed by atoms with Gasteiger partial charge in [0.25, 0.3) is 0 Å². The molecule has 0 saturated carbocycles. The number of methoxy groups -OCH3 is 1. The van der Waals surface area contributed by atoms with Crippen LogP contribution in [0.1, 0.15) is 19.3 Å². The van der Waals surface area contributed by atoms with Crippen molar-refractivity contribution in [2.45, 2.75) is 30.2 Å². The molecule has 1 fully saturated rings. The third-order valence-electron chi connectivity index (χ3n) is 3.29. The molecular weight excluding hydrogens is 316 g/mol. The average molecular weight is 333 g/mol. The van der Waals surface area contributed by atoms with Crippen LogP contribution in [-0.4, -0.2) is 34.0 Å². The van der Waals surface area contributed by atoms with Crippen LogP contribution >= 0.6 is 11.6 Å². The first kappa shape index (κ1) is 16.1. The SMILES string of the molecule is COc1ccc(S(=O)(=O)NC2CCNC(=O)CC2)cc1Cl. The predicted octanol–water partition coefficient (Wildman–Crippen LogP) is 1.30. The molecule has 116 valence electrons. The monoisotopic (exact) mass is 332 g/mol. The molecule has 8 heteroatoms. The lowest BCUT2D eigenvalue weighted by molar-refractivity contribution is -0.120. The van der Waals surface area contributed by atoms with E-state index in [1.54, 1.807) is 0 Å². The van der Waals surface area contributed by atoms with E-state index in [0.29, 0.717) is 31.6 Å². The molecule has 0 spiro atoms. The summed E-state index contributed by atoms with van der Waals surface area (Å²) in [5.74, 6) is 0.365. The van der Waals surface area contributed by atoms with Crippen molar-refractivity contribution in [3.63, 3.8) is 0 Å². The molecule has 1 unspecified atom stereocenters. The van der Waals surface area contributed by atoms with E-state index < -0.39 is 10.0 Å². The van der Waals surface area contributed by atoms with Crippen LogP contribution in [0.2, 0.25) is 5.02 Å². The summed E-state index contributed by atoms with van der Waals surface area (Å²) in [6, 6.07) is 4.03. The second kappa shape index (κ2) is 6.64. The minimum absolute atomic E-state index is 0.0517. The van der Waals surface area contributed by atoms with Gasteiger partial charge in [0.05, 0.1) is 17.0 Å². The second-order valence-corrected chi connectivity index (χ2v) is 6.91. The average Bonchev–Trinajstić information content (AvgIpc) is 2.63. The number of ether oxygens (including phenoxy) is 1. The van der Waals surface area contributed by atoms with Gasteiger partial charge in [0.2, 0.25) is 15.9 Å². The van der Waals surface area contributed by atoms with Gasteiger partial charge in [-0.2, -0.15) is 0 Å². The summed E-state index contributed by atoms with van der Waals surface area (Å²) in [4.78, 5) is 11.3. The second-order valence-electron chi connectivity index (χ2n) is 4.79. The Labute approximate surface area is 128 Å². The van der Waals surface area contributed by atoms with Crippen molar-refractivity contribution in [3.05, 3.63) is 23.2 Å². The quantitative estimate of drug-likeness (QED) is 0.870. The summed E-state index contributed by atoms with van der Waals surface area (Å²) in [5, 5.41) is 2.95. The molecule has 1 aliphatic rings. The summed E-state index contributed by atoms with van der Waals surface area (Å²) in [7, 11) is -2.21. The fraction of sp³-hybridized carbons (Fsp3) is 0.462. The molecule has 1 heterocycles. The molecule has 0 aromatic heterocycles. The van der Waals surface area contributed by atoms with E-state index in [4.69, 9.17) is 16.3 Å². The number of carbonyl (C=O) groups excluding carboxylic acids is 1. The first-order valence-electron chi connectivity index (χ1n) is 6.55. The lowest BCUT2D eigenvalue weighted by Crippen LogP contribution is -2.35. The molecule has 2 N–H and O–H groups in total. The van der Waals surface area contributed by atoms with Crippen molar-refractivity contribution in [1.29, 1.82) is 0 Å². The van der Waals surface area contributed by atoms with Gasteiger partial charge in [0, 0.05) is 19.0 Å². The molecule has 1 aromatic carbocycles. The molecule has 0 radical (unpaired) electrons. The van der Waals surface area contributed by atoms with Crippen LogP contribution < -0.4 is 14.8 Å². The van der Waals surface area contributed by atoms with Crippen LogP contribution in [-0.2, 0) is 14.8 Å². The molecular formula is C13H17ClN2O4S. The summed E-state index contributed by atoms with van der Waals surface area (Å²) < 4.78 is 32.3. The minimum Gasteiger partial charge on any atom is -0.495 e. The molecule has 1 aromatic rings. The Hall–Kier alpha value is -1.31. The normalized spacial score (nSPS) is 19.7. The van der Waals surface area contributed by atoms with Crippen molar-refractivity contribution < 1.29 is 17.9 Å². The lowest BCUT2D eigenvalue weighted by Gasteiger charge is -2.16. The number of amides is 1. The highest BCUT2D eigenvalue weighted by atomic mass is 35.5. The number of hydrogen-bond acceptors (Lipinski definition) is 4. The summed E-state index contributed by atoms with van der Waals surface area (Å²) >= 11 is 5.95. The molecule has 2 rings (SSSR count). The van der Waals surface area contributed by atoms with E-state index in [1.807, 2.05) is 0 Å². The molecule has 1 aliphatic heterocycles. The maximum absolute atomic E-state index is 12.3. The van der Waals surface area contributed by atoms with E-state index in [9.17, 15) is 13.2 Å². The zero-order chi connectivity index (χ0) is 15.5. The predicted molar refractivity (Wildman–Crippen MR) is 79.0 cm³/mol. The molecule has 0 aliphatic carbocycles. The topological polar surface area (TPSA) is 84.5 Å². The van der Waals surface area contributed by atoms with Crippen molar-refractivity contribution in [1.82, 2.24) is 10.0 Å². The van der Waals surface area contributed by atoms with Gasteiger partial charge < -0.3 is 10.1 Å². The van der Waals surface area contributed by atoms with Crippen molar-refractivity contribution >= 4 is 27.5 Å².